The van der Waals surface area contributed by atoms with Crippen molar-refractivity contribution in [2.24, 2.45) is 14.1 Å². The largest absolute Gasteiger partial charge is 0.353 e. The van der Waals surface area contributed by atoms with Gasteiger partial charge in [0.1, 0.15) is 0 Å². The highest BCUT2D eigenvalue weighted by atomic mass is 16.2. The normalized spacial score (nSPS) is 11.6. The highest BCUT2D eigenvalue weighted by Crippen LogP contribution is 2.03. The highest BCUT2D eigenvalue weighted by Gasteiger charge is 2.15. The third kappa shape index (κ3) is 4.16. The van der Waals surface area contributed by atoms with E-state index in [-0.39, 0.29) is 29.7 Å². The molecule has 2 rings (SSSR count). The first-order valence-corrected chi connectivity index (χ1v) is 8.31. The zero-order valence-electron chi connectivity index (χ0n) is 15.4. The van der Waals surface area contributed by atoms with Crippen molar-refractivity contribution < 1.29 is 4.79 Å². The van der Waals surface area contributed by atoms with Gasteiger partial charge in [-0.1, -0.05) is 0 Å². The fourth-order valence-electron chi connectivity index (χ4n) is 2.78. The number of hydrogen-bond donors (Lipinski definition) is 1. The van der Waals surface area contributed by atoms with Gasteiger partial charge in [-0.3, -0.25) is 23.6 Å². The lowest BCUT2D eigenvalue weighted by Crippen LogP contribution is -2.41. The van der Waals surface area contributed by atoms with Crippen LogP contribution in [0.15, 0.2) is 15.9 Å². The number of aryl methyl sites for hydroxylation is 2. The molecule has 25 heavy (non-hydrogen) atoms. The van der Waals surface area contributed by atoms with Gasteiger partial charge in [0, 0.05) is 33.2 Å². The second-order valence-corrected chi connectivity index (χ2v) is 6.64. The fraction of sp³-hybridized carbons (Fsp3) is 0.625. The third-order valence-electron chi connectivity index (χ3n) is 3.99. The minimum Gasteiger partial charge on any atom is -0.353 e. The van der Waals surface area contributed by atoms with E-state index in [2.05, 4.69) is 10.3 Å². The SMILES string of the molecule is CC(C)NC(=O)CN(C)CCCn1c(=O)c2c(ncn2C)n(C)c1=O. The van der Waals surface area contributed by atoms with Gasteiger partial charge in [-0.05, 0) is 27.3 Å². The Balaban J connectivity index is 2.07. The number of imidazole rings is 1. The first-order chi connectivity index (χ1) is 11.7. The van der Waals surface area contributed by atoms with E-state index in [0.717, 1.165) is 0 Å². The average molecular weight is 350 g/mol. The van der Waals surface area contributed by atoms with Crippen molar-refractivity contribution in [1.82, 2.24) is 28.9 Å². The van der Waals surface area contributed by atoms with Crippen molar-refractivity contribution in [2.75, 3.05) is 20.1 Å². The Hall–Kier alpha value is -2.42. The van der Waals surface area contributed by atoms with Crippen LogP contribution in [0.1, 0.15) is 20.3 Å². The molecule has 0 bridgehead atoms. The second kappa shape index (κ2) is 7.64. The summed E-state index contributed by atoms with van der Waals surface area (Å²) in [5.74, 6) is -0.0399. The molecule has 138 valence electrons. The number of nitrogens with one attached hydrogen (secondary N) is 1. The molecule has 2 aromatic rings. The molecule has 0 atom stereocenters. The van der Waals surface area contributed by atoms with Gasteiger partial charge in [-0.25, -0.2) is 9.78 Å². The molecule has 0 aliphatic heterocycles. The standard InChI is InChI=1S/C16H26N6O3/c1-11(2)18-12(23)9-19(3)7-6-8-22-15(24)13-14(17-10-20(13)4)21(5)16(22)25/h10-11H,6-9H2,1-5H3,(H,18,23). The summed E-state index contributed by atoms with van der Waals surface area (Å²) in [5, 5.41) is 2.83. The smallest absolute Gasteiger partial charge is 0.332 e. The summed E-state index contributed by atoms with van der Waals surface area (Å²) in [6.07, 6.45) is 2.11. The van der Waals surface area contributed by atoms with Crippen molar-refractivity contribution in [3.63, 3.8) is 0 Å². The van der Waals surface area contributed by atoms with E-state index >= 15 is 0 Å². The molecule has 0 saturated heterocycles. The molecule has 0 aromatic carbocycles. The summed E-state index contributed by atoms with van der Waals surface area (Å²) >= 11 is 0. The molecule has 2 heterocycles. The zero-order valence-corrected chi connectivity index (χ0v) is 15.4. The van der Waals surface area contributed by atoms with E-state index in [1.54, 1.807) is 18.7 Å². The maximum absolute atomic E-state index is 12.6. The van der Waals surface area contributed by atoms with Gasteiger partial charge in [0.2, 0.25) is 5.91 Å². The lowest BCUT2D eigenvalue weighted by atomic mass is 10.3. The van der Waals surface area contributed by atoms with Crippen molar-refractivity contribution in [2.45, 2.75) is 32.9 Å². The Kier molecular flexibility index (Phi) is 5.78. The quantitative estimate of drug-likeness (QED) is 0.711. The van der Waals surface area contributed by atoms with Crippen LogP contribution in [-0.2, 0) is 25.4 Å². The van der Waals surface area contributed by atoms with E-state index in [4.69, 9.17) is 0 Å². The van der Waals surface area contributed by atoms with E-state index in [0.29, 0.717) is 30.7 Å². The van der Waals surface area contributed by atoms with Crippen LogP contribution in [0.5, 0.6) is 0 Å². The first-order valence-electron chi connectivity index (χ1n) is 8.31. The maximum Gasteiger partial charge on any atom is 0.332 e. The summed E-state index contributed by atoms with van der Waals surface area (Å²) in [5.41, 5.74) is 0.0812. The number of amides is 1. The van der Waals surface area contributed by atoms with Crippen LogP contribution in [0.25, 0.3) is 11.2 Å². The fourth-order valence-corrected chi connectivity index (χ4v) is 2.78. The molecule has 0 unspecified atom stereocenters. The molecule has 0 fully saturated rings. The molecule has 0 spiro atoms. The van der Waals surface area contributed by atoms with E-state index in [1.165, 1.54) is 15.5 Å². The molecule has 1 N–H and O–H groups in total. The molecule has 2 aromatic heterocycles. The molecule has 9 nitrogen and oxygen atoms in total. The number of fused-ring (bicyclic) bond motifs is 1. The molecule has 9 heteroatoms. The lowest BCUT2D eigenvalue weighted by Gasteiger charge is -2.17. The van der Waals surface area contributed by atoms with E-state index in [9.17, 15) is 14.4 Å². The maximum atomic E-state index is 12.6. The molecule has 0 radical (unpaired) electrons. The van der Waals surface area contributed by atoms with Gasteiger partial charge in [0.05, 0.1) is 12.9 Å². The van der Waals surface area contributed by atoms with Crippen LogP contribution in [0.4, 0.5) is 0 Å². The molecule has 1 amide bonds. The summed E-state index contributed by atoms with van der Waals surface area (Å²) in [6.45, 7) is 5.00. The minimum atomic E-state index is -0.378. The number of rotatable bonds is 7. The van der Waals surface area contributed by atoms with Gasteiger partial charge in [0.25, 0.3) is 5.56 Å². The van der Waals surface area contributed by atoms with Gasteiger partial charge < -0.3 is 9.88 Å². The molecular formula is C16H26N6O3. The van der Waals surface area contributed by atoms with Gasteiger partial charge in [-0.15, -0.1) is 0 Å². The summed E-state index contributed by atoms with van der Waals surface area (Å²) in [7, 11) is 5.17. The predicted octanol–water partition coefficient (Wildman–Crippen LogP) is -0.720. The summed E-state index contributed by atoms with van der Waals surface area (Å²) in [6, 6.07) is 0.105. The van der Waals surface area contributed by atoms with E-state index in [1.807, 2.05) is 25.8 Å². The van der Waals surface area contributed by atoms with Crippen molar-refractivity contribution >= 4 is 17.1 Å². The summed E-state index contributed by atoms with van der Waals surface area (Å²) < 4.78 is 4.23. The van der Waals surface area contributed by atoms with Crippen LogP contribution < -0.4 is 16.6 Å². The number of carbonyl (C=O) groups is 1. The van der Waals surface area contributed by atoms with Crippen LogP contribution in [0, 0.1) is 0 Å². The average Bonchev–Trinajstić information content (AvgIpc) is 2.89. The van der Waals surface area contributed by atoms with Crippen molar-refractivity contribution in [1.29, 1.82) is 0 Å². The van der Waals surface area contributed by atoms with Crippen molar-refractivity contribution in [3.8, 4) is 0 Å². The number of nitrogens with zero attached hydrogens (tertiary/aromatic N) is 5. The number of carbonyl (C=O) groups excluding carboxylic acids is 1. The number of aromatic nitrogens is 4. The monoisotopic (exact) mass is 350 g/mol. The Morgan fingerprint density at radius 3 is 2.64 bits per heavy atom. The molecule has 0 saturated carbocycles. The van der Waals surface area contributed by atoms with Crippen molar-refractivity contribution in [3.05, 3.63) is 27.2 Å². The second-order valence-electron chi connectivity index (χ2n) is 6.64. The van der Waals surface area contributed by atoms with Gasteiger partial charge in [-0.2, -0.15) is 0 Å². The molecular weight excluding hydrogens is 324 g/mol. The van der Waals surface area contributed by atoms with Gasteiger partial charge in [0.15, 0.2) is 11.2 Å². The van der Waals surface area contributed by atoms with Crippen LogP contribution in [0.3, 0.4) is 0 Å². The Labute approximate surface area is 145 Å². The predicted molar refractivity (Wildman–Crippen MR) is 95.6 cm³/mol. The summed E-state index contributed by atoms with van der Waals surface area (Å²) in [4.78, 5) is 42.7. The highest BCUT2D eigenvalue weighted by molar-refractivity contribution is 5.78. The minimum absolute atomic E-state index is 0.0399. The zero-order chi connectivity index (χ0) is 18.7. The topological polar surface area (TPSA) is 94.2 Å². The van der Waals surface area contributed by atoms with E-state index < -0.39 is 0 Å². The van der Waals surface area contributed by atoms with Gasteiger partial charge >= 0.3 is 5.69 Å². The number of likely N-dealkylation sites (N-methyl/N-ethyl adjacent to an activating group) is 1. The Morgan fingerprint density at radius 2 is 2.00 bits per heavy atom. The molecule has 0 aliphatic carbocycles. The first kappa shape index (κ1) is 18.9. The van der Waals surface area contributed by atoms with Crippen LogP contribution in [0.2, 0.25) is 0 Å². The Bertz CT molecular complexity index is 876. The van der Waals surface area contributed by atoms with Crippen LogP contribution >= 0.6 is 0 Å². The lowest BCUT2D eigenvalue weighted by molar-refractivity contribution is -0.122. The van der Waals surface area contributed by atoms with Crippen LogP contribution in [-0.4, -0.2) is 55.7 Å². The Morgan fingerprint density at radius 1 is 1.32 bits per heavy atom. The number of hydrogen-bond acceptors (Lipinski definition) is 5. The molecule has 0 aliphatic rings. The third-order valence-corrected chi connectivity index (χ3v) is 3.99.